The average Bonchev–Trinajstić information content (AvgIpc) is 3.43. The van der Waals surface area contributed by atoms with Crippen molar-refractivity contribution in [3.8, 4) is 0 Å². The fraction of sp³-hybridized carbons (Fsp3) is 0.750. The van der Waals surface area contributed by atoms with Crippen LogP contribution in [0.25, 0.3) is 0 Å². The van der Waals surface area contributed by atoms with Gasteiger partial charge in [-0.05, 0) is 56.9 Å². The van der Waals surface area contributed by atoms with E-state index >= 15 is 0 Å². The van der Waals surface area contributed by atoms with Gasteiger partial charge in [0.25, 0.3) is 0 Å². The molecule has 1 N–H and O–H groups in total. The van der Waals surface area contributed by atoms with Crippen molar-refractivity contribution in [2.45, 2.75) is 88.1 Å². The van der Waals surface area contributed by atoms with Gasteiger partial charge in [0.15, 0.2) is 11.9 Å². The van der Waals surface area contributed by atoms with Crippen molar-refractivity contribution in [1.29, 1.82) is 0 Å². The van der Waals surface area contributed by atoms with E-state index in [0.717, 1.165) is 70.6 Å². The molecule has 0 bridgehead atoms. The Morgan fingerprint density at radius 3 is 2.70 bits per heavy atom. The number of amides is 1. The largest absolute Gasteiger partial charge is 0.618 e. The minimum absolute atomic E-state index is 0.101. The Bertz CT molecular complexity index is 980. The molecule has 6 rings (SSSR count). The second-order valence-electron chi connectivity index (χ2n) is 10.8. The Labute approximate surface area is 191 Å². The number of aromatic nitrogens is 1. The smallest absolute Gasteiger partial charge is 0.422 e. The molecule has 3 aliphatic heterocycles. The van der Waals surface area contributed by atoms with Crippen molar-refractivity contribution in [3.05, 3.63) is 34.3 Å². The molecule has 4 atom stereocenters. The normalized spacial score (nSPS) is 36.3. The maximum Gasteiger partial charge on any atom is 0.422 e. The highest BCUT2D eigenvalue weighted by atomic mass is 19.4. The van der Waals surface area contributed by atoms with Crippen molar-refractivity contribution in [2.75, 3.05) is 13.2 Å². The lowest BCUT2D eigenvalue weighted by molar-refractivity contribution is -0.617. The Balaban J connectivity index is 1.31. The topological polar surface area (TPSA) is 68.5 Å². The van der Waals surface area contributed by atoms with Gasteiger partial charge in [-0.2, -0.15) is 17.9 Å². The number of carbonyl (C=O) groups excluding carboxylic acids is 1. The van der Waals surface area contributed by atoms with Gasteiger partial charge in [-0.15, -0.1) is 0 Å². The zero-order valence-electron chi connectivity index (χ0n) is 18.6. The molecule has 5 aliphatic rings. The number of alkyl halides is 3. The molecule has 0 radical (unpaired) electrons. The van der Waals surface area contributed by atoms with Crippen LogP contribution in [0.3, 0.4) is 0 Å². The molecule has 1 aromatic rings. The number of ether oxygens (including phenoxy) is 1. The first-order chi connectivity index (χ1) is 15.7. The van der Waals surface area contributed by atoms with Crippen molar-refractivity contribution in [2.24, 2.45) is 11.3 Å². The maximum atomic E-state index is 14.0. The predicted molar refractivity (Wildman–Crippen MR) is 112 cm³/mol. The SMILES string of the molecule is O=C1N2Cc3cc(C(F)(F)F)c[n+]([O-])c3CC23CCCC3[C@@]12CC[C@@H](NC1CCOCC1)C2. The van der Waals surface area contributed by atoms with Gasteiger partial charge >= 0.3 is 6.18 Å². The van der Waals surface area contributed by atoms with Crippen molar-refractivity contribution in [1.82, 2.24) is 10.2 Å². The highest BCUT2D eigenvalue weighted by Gasteiger charge is 2.70. The molecule has 33 heavy (non-hydrogen) atoms. The van der Waals surface area contributed by atoms with E-state index in [0.29, 0.717) is 34.6 Å². The predicted octanol–water partition coefficient (Wildman–Crippen LogP) is 3.08. The highest BCUT2D eigenvalue weighted by molar-refractivity contribution is 5.88. The monoisotopic (exact) mass is 465 g/mol. The summed E-state index contributed by atoms with van der Waals surface area (Å²) in [5.74, 6) is 0.262. The van der Waals surface area contributed by atoms with Crippen LogP contribution in [-0.4, -0.2) is 41.6 Å². The standard InChI is InChI=1S/C24H30F3N3O3/c25-24(26,27)16-10-15-13-29-21(31)22(7-3-18(11-22)28-17-4-8-33-9-5-17)20-2-1-6-23(20,29)12-19(15)30(32)14-16/h10,14,17-18,20,28H,1-9,11-13H2/t18-,20?,22+,23?/m1/s1. The molecule has 2 aliphatic carbocycles. The second-order valence-corrected chi connectivity index (χ2v) is 10.8. The van der Waals surface area contributed by atoms with E-state index in [9.17, 15) is 23.2 Å². The van der Waals surface area contributed by atoms with Gasteiger partial charge in [-0.3, -0.25) is 4.79 Å². The van der Waals surface area contributed by atoms with Gasteiger partial charge in [-0.25, -0.2) is 0 Å². The fourth-order valence-corrected chi connectivity index (χ4v) is 7.85. The summed E-state index contributed by atoms with van der Waals surface area (Å²) in [6, 6.07) is 1.77. The minimum Gasteiger partial charge on any atom is -0.618 e. The molecule has 2 unspecified atom stereocenters. The number of fused-ring (bicyclic) bond motifs is 2. The van der Waals surface area contributed by atoms with Gasteiger partial charge < -0.3 is 20.2 Å². The summed E-state index contributed by atoms with van der Waals surface area (Å²) in [5.41, 5.74) is -1.08. The molecule has 180 valence electrons. The first kappa shape index (κ1) is 21.6. The summed E-state index contributed by atoms with van der Waals surface area (Å²) >= 11 is 0. The summed E-state index contributed by atoms with van der Waals surface area (Å²) < 4.78 is 45.9. The number of pyridine rings is 1. The summed E-state index contributed by atoms with van der Waals surface area (Å²) in [4.78, 5) is 15.8. The molecular formula is C24H30F3N3O3. The zero-order chi connectivity index (χ0) is 23.0. The van der Waals surface area contributed by atoms with E-state index in [1.807, 2.05) is 4.90 Å². The van der Waals surface area contributed by atoms with Gasteiger partial charge in [0.2, 0.25) is 5.91 Å². The van der Waals surface area contributed by atoms with Gasteiger partial charge in [0.1, 0.15) is 5.56 Å². The lowest BCUT2D eigenvalue weighted by atomic mass is 9.68. The van der Waals surface area contributed by atoms with Crippen LogP contribution in [0.4, 0.5) is 13.2 Å². The number of nitrogens with zero attached hydrogens (tertiary/aromatic N) is 2. The molecule has 4 fully saturated rings. The van der Waals surface area contributed by atoms with Crippen LogP contribution in [0.15, 0.2) is 12.3 Å². The van der Waals surface area contributed by atoms with Gasteiger partial charge in [0.05, 0.1) is 23.9 Å². The number of carbonyl (C=O) groups is 1. The Morgan fingerprint density at radius 2 is 1.94 bits per heavy atom. The van der Waals surface area contributed by atoms with E-state index in [1.165, 1.54) is 0 Å². The Morgan fingerprint density at radius 1 is 1.15 bits per heavy atom. The van der Waals surface area contributed by atoms with Crippen LogP contribution in [0.1, 0.15) is 68.2 Å². The number of hydrogen-bond donors (Lipinski definition) is 1. The van der Waals surface area contributed by atoms with Crippen LogP contribution in [0.2, 0.25) is 0 Å². The van der Waals surface area contributed by atoms with Crippen molar-refractivity contribution in [3.63, 3.8) is 0 Å². The fourth-order valence-electron chi connectivity index (χ4n) is 7.85. The average molecular weight is 466 g/mol. The van der Waals surface area contributed by atoms with Gasteiger partial charge in [0, 0.05) is 30.9 Å². The van der Waals surface area contributed by atoms with Crippen molar-refractivity contribution < 1.29 is 27.4 Å². The van der Waals surface area contributed by atoms with E-state index in [1.54, 1.807) is 0 Å². The lowest BCUT2D eigenvalue weighted by Crippen LogP contribution is -2.54. The number of halogens is 3. The minimum atomic E-state index is -4.59. The summed E-state index contributed by atoms with van der Waals surface area (Å²) in [7, 11) is 0. The number of hydrogen-bond acceptors (Lipinski definition) is 4. The Kier molecular flexibility index (Phi) is 4.80. The third kappa shape index (κ3) is 3.14. The summed E-state index contributed by atoms with van der Waals surface area (Å²) in [6.45, 7) is 1.64. The molecule has 1 aromatic heterocycles. The molecule has 0 aromatic carbocycles. The lowest BCUT2D eigenvalue weighted by Gasteiger charge is -2.42. The number of rotatable bonds is 2. The second kappa shape index (κ2) is 7.31. The zero-order valence-corrected chi connectivity index (χ0v) is 18.6. The van der Waals surface area contributed by atoms with Crippen LogP contribution in [-0.2, 0) is 28.7 Å². The summed E-state index contributed by atoms with van der Waals surface area (Å²) in [5, 5.41) is 16.4. The van der Waals surface area contributed by atoms with Crippen LogP contribution in [0.5, 0.6) is 0 Å². The van der Waals surface area contributed by atoms with Crippen LogP contribution in [0, 0.1) is 16.5 Å². The first-order valence-electron chi connectivity index (χ1n) is 12.2. The molecule has 2 saturated heterocycles. The molecule has 4 heterocycles. The highest BCUT2D eigenvalue weighted by Crippen LogP contribution is 2.64. The van der Waals surface area contributed by atoms with Crippen LogP contribution >= 0.6 is 0 Å². The molecule has 1 amide bonds. The summed E-state index contributed by atoms with van der Waals surface area (Å²) in [6.07, 6.45) is 3.70. The third-order valence-electron chi connectivity index (χ3n) is 9.22. The third-order valence-corrected chi connectivity index (χ3v) is 9.22. The molecular weight excluding hydrogens is 435 g/mol. The first-order valence-corrected chi connectivity index (χ1v) is 12.2. The maximum absolute atomic E-state index is 14.0. The molecule has 6 nitrogen and oxygen atoms in total. The van der Waals surface area contributed by atoms with E-state index < -0.39 is 22.7 Å². The number of nitrogens with one attached hydrogen (secondary N) is 1. The van der Waals surface area contributed by atoms with E-state index in [2.05, 4.69) is 5.32 Å². The van der Waals surface area contributed by atoms with E-state index in [-0.39, 0.29) is 24.4 Å². The van der Waals surface area contributed by atoms with Gasteiger partial charge in [-0.1, -0.05) is 6.42 Å². The van der Waals surface area contributed by atoms with Crippen molar-refractivity contribution >= 4 is 5.91 Å². The molecule has 9 heteroatoms. The van der Waals surface area contributed by atoms with Crippen LogP contribution < -0.4 is 10.0 Å². The Hall–Kier alpha value is -1.87. The van der Waals surface area contributed by atoms with E-state index in [4.69, 9.17) is 4.74 Å². The quantitative estimate of drug-likeness (QED) is 0.539. The molecule has 2 spiro atoms. The molecule has 2 saturated carbocycles.